The molecule has 0 N–H and O–H groups in total. The van der Waals surface area contributed by atoms with Crippen LogP contribution in [0.1, 0.15) is 0 Å². The summed E-state index contributed by atoms with van der Waals surface area (Å²) in [5.74, 6) is 0. The molecule has 60 valence electrons. The van der Waals surface area contributed by atoms with Gasteiger partial charge in [0.2, 0.25) is 0 Å². The third-order valence-electron chi connectivity index (χ3n) is 0.998. The Kier molecular flexibility index (Phi) is 2.37. The van der Waals surface area contributed by atoms with Crippen LogP contribution in [0, 0.1) is 0 Å². The number of halogens is 2. The van der Waals surface area contributed by atoms with Crippen molar-refractivity contribution in [3.63, 3.8) is 0 Å². The van der Waals surface area contributed by atoms with Gasteiger partial charge in [-0.05, 0) is 6.07 Å². The van der Waals surface area contributed by atoms with Gasteiger partial charge in [-0.15, -0.1) is 0 Å². The van der Waals surface area contributed by atoms with E-state index in [1.54, 1.807) is 0 Å². The lowest BCUT2D eigenvalue weighted by atomic mass is 10.5. The molecule has 0 aliphatic carbocycles. The third kappa shape index (κ3) is 2.05. The van der Waals surface area contributed by atoms with Gasteiger partial charge in [-0.1, -0.05) is 11.6 Å². The highest BCUT2D eigenvalue weighted by Crippen LogP contribution is 2.22. The summed E-state index contributed by atoms with van der Waals surface area (Å²) in [4.78, 5) is 3.49. The average molecular weight is 212 g/mol. The molecule has 0 radical (unpaired) electrons. The number of rotatable bonds is 1. The van der Waals surface area contributed by atoms with E-state index in [2.05, 4.69) is 4.98 Å². The maximum absolute atomic E-state index is 10.7. The third-order valence-corrected chi connectivity index (χ3v) is 2.79. The molecule has 1 aromatic heterocycles. The van der Waals surface area contributed by atoms with Crippen LogP contribution in [0.2, 0.25) is 5.02 Å². The normalized spacial score (nSPS) is 11.5. The summed E-state index contributed by atoms with van der Waals surface area (Å²) in [5, 5.41) is 0.0301. The fourth-order valence-electron chi connectivity index (χ4n) is 0.560. The zero-order valence-electron chi connectivity index (χ0n) is 5.16. The van der Waals surface area contributed by atoms with Crippen molar-refractivity contribution < 1.29 is 8.42 Å². The molecule has 0 atom stereocenters. The average Bonchev–Trinajstić information content (AvgIpc) is 1.86. The van der Waals surface area contributed by atoms with Crippen molar-refractivity contribution in [1.29, 1.82) is 0 Å². The summed E-state index contributed by atoms with van der Waals surface area (Å²) in [6.45, 7) is 0. The Morgan fingerprint density at radius 2 is 2.09 bits per heavy atom. The number of hydrogen-bond acceptors (Lipinski definition) is 3. The van der Waals surface area contributed by atoms with Crippen LogP contribution in [0.15, 0.2) is 23.4 Å². The van der Waals surface area contributed by atoms with Gasteiger partial charge in [0.1, 0.15) is 4.90 Å². The van der Waals surface area contributed by atoms with Crippen LogP contribution in [0.4, 0.5) is 0 Å². The lowest BCUT2D eigenvalue weighted by molar-refractivity contribution is 0.609. The predicted octanol–water partition coefficient (Wildman–Crippen LogP) is 1.66. The molecule has 0 amide bonds. The van der Waals surface area contributed by atoms with Crippen LogP contribution in [-0.2, 0) is 9.05 Å². The van der Waals surface area contributed by atoms with E-state index in [4.69, 9.17) is 22.3 Å². The van der Waals surface area contributed by atoms with Crippen molar-refractivity contribution >= 4 is 31.3 Å². The molecular weight excluding hydrogens is 209 g/mol. The highest BCUT2D eigenvalue weighted by atomic mass is 35.7. The molecule has 0 spiro atoms. The van der Waals surface area contributed by atoms with Crippen LogP contribution < -0.4 is 0 Å². The Hall–Kier alpha value is -0.320. The Morgan fingerprint density at radius 1 is 1.45 bits per heavy atom. The van der Waals surface area contributed by atoms with E-state index in [1.165, 1.54) is 18.5 Å². The first-order valence-electron chi connectivity index (χ1n) is 2.56. The van der Waals surface area contributed by atoms with Gasteiger partial charge in [0.05, 0.1) is 5.02 Å². The van der Waals surface area contributed by atoms with E-state index in [9.17, 15) is 8.42 Å². The predicted molar refractivity (Wildman–Crippen MR) is 42.3 cm³/mol. The lowest BCUT2D eigenvalue weighted by Crippen LogP contribution is -1.91. The van der Waals surface area contributed by atoms with Crippen molar-refractivity contribution in [3.8, 4) is 0 Å². The topological polar surface area (TPSA) is 47.0 Å². The second-order valence-corrected chi connectivity index (χ2v) is 4.69. The van der Waals surface area contributed by atoms with Crippen molar-refractivity contribution in [2.75, 3.05) is 0 Å². The zero-order valence-corrected chi connectivity index (χ0v) is 7.49. The number of nitrogens with zero attached hydrogens (tertiary/aromatic N) is 1. The molecule has 11 heavy (non-hydrogen) atoms. The Bertz CT molecular complexity index is 363. The second kappa shape index (κ2) is 2.97. The number of pyridine rings is 1. The first kappa shape index (κ1) is 8.77. The van der Waals surface area contributed by atoms with Gasteiger partial charge in [0.15, 0.2) is 0 Å². The van der Waals surface area contributed by atoms with Crippen LogP contribution in [0.5, 0.6) is 0 Å². The van der Waals surface area contributed by atoms with Crippen molar-refractivity contribution in [3.05, 3.63) is 23.5 Å². The molecule has 3 nitrogen and oxygen atoms in total. The smallest absolute Gasteiger partial charge is 0.262 e. The summed E-state index contributed by atoms with van der Waals surface area (Å²) < 4.78 is 21.4. The van der Waals surface area contributed by atoms with Crippen molar-refractivity contribution in [2.24, 2.45) is 0 Å². The zero-order chi connectivity index (χ0) is 8.48. The first-order chi connectivity index (χ1) is 5.02. The molecule has 6 heteroatoms. The summed E-state index contributed by atoms with van der Waals surface area (Å²) in [6, 6.07) is 1.24. The summed E-state index contributed by atoms with van der Waals surface area (Å²) in [5.41, 5.74) is 0. The largest absolute Gasteiger partial charge is 0.263 e. The van der Waals surface area contributed by atoms with Crippen LogP contribution in [0.3, 0.4) is 0 Å². The lowest BCUT2D eigenvalue weighted by Gasteiger charge is -1.95. The minimum absolute atomic E-state index is 0.0301. The minimum Gasteiger partial charge on any atom is -0.263 e. The summed E-state index contributed by atoms with van der Waals surface area (Å²) in [6.07, 6.45) is 2.53. The Morgan fingerprint density at radius 3 is 2.45 bits per heavy atom. The monoisotopic (exact) mass is 211 g/mol. The first-order valence-corrected chi connectivity index (χ1v) is 5.25. The molecule has 1 aromatic rings. The molecule has 0 aromatic carbocycles. The summed E-state index contributed by atoms with van der Waals surface area (Å²) >= 11 is 5.48. The Labute approximate surface area is 73.4 Å². The molecule has 0 unspecified atom stereocenters. The molecule has 0 aliphatic heterocycles. The van der Waals surface area contributed by atoms with Crippen molar-refractivity contribution in [2.45, 2.75) is 4.90 Å². The van der Waals surface area contributed by atoms with E-state index >= 15 is 0 Å². The van der Waals surface area contributed by atoms with Crippen LogP contribution >= 0.6 is 22.3 Å². The maximum atomic E-state index is 10.7. The van der Waals surface area contributed by atoms with Crippen molar-refractivity contribution in [1.82, 2.24) is 4.98 Å². The van der Waals surface area contributed by atoms with E-state index in [-0.39, 0.29) is 9.92 Å². The van der Waals surface area contributed by atoms with E-state index in [0.717, 1.165) is 0 Å². The number of aromatic nitrogens is 1. The maximum Gasteiger partial charge on any atom is 0.262 e. The Balaban J connectivity index is 3.37. The van der Waals surface area contributed by atoms with E-state index in [1.807, 2.05) is 0 Å². The van der Waals surface area contributed by atoms with Crippen LogP contribution in [-0.4, -0.2) is 13.4 Å². The minimum atomic E-state index is -3.73. The molecule has 0 bridgehead atoms. The molecular formula is C5H3Cl2NO2S. The molecule has 1 rings (SSSR count). The van der Waals surface area contributed by atoms with Gasteiger partial charge in [-0.3, -0.25) is 4.98 Å². The molecule has 1 heterocycles. The summed E-state index contributed by atoms with van der Waals surface area (Å²) in [7, 11) is 1.29. The quantitative estimate of drug-likeness (QED) is 0.665. The van der Waals surface area contributed by atoms with E-state index in [0.29, 0.717) is 0 Å². The number of hydrogen-bond donors (Lipinski definition) is 0. The van der Waals surface area contributed by atoms with Crippen LogP contribution in [0.25, 0.3) is 0 Å². The van der Waals surface area contributed by atoms with Gasteiger partial charge < -0.3 is 0 Å². The SMILES string of the molecule is O=S(=O)(Cl)c1ccncc1Cl. The van der Waals surface area contributed by atoms with Gasteiger partial charge in [0.25, 0.3) is 9.05 Å². The molecule has 0 saturated carbocycles. The fourth-order valence-corrected chi connectivity index (χ4v) is 2.02. The van der Waals surface area contributed by atoms with Gasteiger partial charge >= 0.3 is 0 Å². The molecule has 0 fully saturated rings. The highest BCUT2D eigenvalue weighted by molar-refractivity contribution is 8.13. The molecule has 0 aliphatic rings. The highest BCUT2D eigenvalue weighted by Gasteiger charge is 2.13. The standard InChI is InChI=1S/C5H3Cl2NO2S/c6-4-3-8-2-1-5(4)11(7,9)10/h1-3H. The van der Waals surface area contributed by atoms with Gasteiger partial charge in [0, 0.05) is 23.1 Å². The van der Waals surface area contributed by atoms with E-state index < -0.39 is 9.05 Å². The van der Waals surface area contributed by atoms with Gasteiger partial charge in [-0.2, -0.15) is 0 Å². The second-order valence-electron chi connectivity index (χ2n) is 1.74. The fraction of sp³-hybridized carbons (Fsp3) is 0. The van der Waals surface area contributed by atoms with Gasteiger partial charge in [-0.25, -0.2) is 8.42 Å². The molecule has 0 saturated heterocycles.